The van der Waals surface area contributed by atoms with Gasteiger partial charge in [-0.1, -0.05) is 34.1 Å². The molecule has 0 amide bonds. The van der Waals surface area contributed by atoms with Crippen LogP contribution in [-0.2, 0) is 4.74 Å². The monoisotopic (exact) mass is 245 g/mol. The quantitative estimate of drug-likeness (QED) is 0.560. The fourth-order valence-corrected chi connectivity index (χ4v) is 1.64. The van der Waals surface area contributed by atoms with Crippen LogP contribution in [0.1, 0.15) is 67.7 Å². The van der Waals surface area contributed by atoms with E-state index < -0.39 is 0 Å². The summed E-state index contributed by atoms with van der Waals surface area (Å²) < 4.78 is 5.73. The highest BCUT2D eigenvalue weighted by atomic mass is 16.5. The molecule has 0 spiro atoms. The van der Waals surface area contributed by atoms with E-state index in [1.54, 1.807) is 0 Å². The SMILES string of the molecule is CC.CCCCOC(C)CCN(CC)C(C)C. The molecular weight excluding hydrogens is 210 g/mol. The van der Waals surface area contributed by atoms with Gasteiger partial charge in [0.2, 0.25) is 0 Å². The summed E-state index contributed by atoms with van der Waals surface area (Å²) >= 11 is 0. The van der Waals surface area contributed by atoms with Gasteiger partial charge in [-0.25, -0.2) is 0 Å². The second-order valence-electron chi connectivity index (χ2n) is 4.55. The van der Waals surface area contributed by atoms with Crippen LogP contribution in [0.25, 0.3) is 0 Å². The van der Waals surface area contributed by atoms with Crippen molar-refractivity contribution in [3.63, 3.8) is 0 Å². The van der Waals surface area contributed by atoms with E-state index in [4.69, 9.17) is 4.74 Å². The summed E-state index contributed by atoms with van der Waals surface area (Å²) in [6, 6.07) is 0.651. The van der Waals surface area contributed by atoms with Crippen LogP contribution < -0.4 is 0 Å². The standard InChI is InChI=1S/C13H29NO.C2H6/c1-6-8-11-15-13(5)9-10-14(7-2)12(3)4;1-2/h12-13H,6-11H2,1-5H3;1-2H3. The molecule has 0 fully saturated rings. The van der Waals surface area contributed by atoms with E-state index in [-0.39, 0.29) is 0 Å². The summed E-state index contributed by atoms with van der Waals surface area (Å²) in [7, 11) is 0. The highest BCUT2D eigenvalue weighted by Crippen LogP contribution is 2.04. The molecule has 0 saturated carbocycles. The van der Waals surface area contributed by atoms with Crippen LogP contribution in [-0.4, -0.2) is 36.7 Å². The number of hydrogen-bond donors (Lipinski definition) is 0. The van der Waals surface area contributed by atoms with Crippen LogP contribution in [0.2, 0.25) is 0 Å². The van der Waals surface area contributed by atoms with Crippen molar-refractivity contribution in [2.45, 2.75) is 79.9 Å². The van der Waals surface area contributed by atoms with Crippen molar-refractivity contribution in [2.75, 3.05) is 19.7 Å². The van der Waals surface area contributed by atoms with E-state index in [0.29, 0.717) is 12.1 Å². The van der Waals surface area contributed by atoms with Crippen LogP contribution in [0.4, 0.5) is 0 Å². The third kappa shape index (κ3) is 12.2. The average Bonchev–Trinajstić information content (AvgIpc) is 2.32. The van der Waals surface area contributed by atoms with Crippen molar-refractivity contribution in [1.29, 1.82) is 0 Å². The minimum absolute atomic E-state index is 0.407. The summed E-state index contributed by atoms with van der Waals surface area (Å²) in [5.41, 5.74) is 0. The molecule has 0 aromatic carbocycles. The molecule has 0 aliphatic heterocycles. The van der Waals surface area contributed by atoms with E-state index in [1.807, 2.05) is 13.8 Å². The molecule has 2 nitrogen and oxygen atoms in total. The Labute approximate surface area is 110 Å². The van der Waals surface area contributed by atoms with Crippen LogP contribution in [0.3, 0.4) is 0 Å². The minimum Gasteiger partial charge on any atom is -0.378 e. The smallest absolute Gasteiger partial charge is 0.0559 e. The van der Waals surface area contributed by atoms with Gasteiger partial charge in [-0.3, -0.25) is 0 Å². The molecule has 106 valence electrons. The maximum absolute atomic E-state index is 5.73. The van der Waals surface area contributed by atoms with Crippen LogP contribution in [0.5, 0.6) is 0 Å². The summed E-state index contributed by atoms with van der Waals surface area (Å²) in [6.45, 7) is 18.3. The summed E-state index contributed by atoms with van der Waals surface area (Å²) in [4.78, 5) is 2.49. The zero-order chi connectivity index (χ0) is 13.7. The zero-order valence-corrected chi connectivity index (χ0v) is 13.3. The van der Waals surface area contributed by atoms with Gasteiger partial charge in [0.15, 0.2) is 0 Å². The van der Waals surface area contributed by atoms with Gasteiger partial charge in [0.1, 0.15) is 0 Å². The normalized spacial score (nSPS) is 12.5. The lowest BCUT2D eigenvalue weighted by atomic mass is 10.2. The van der Waals surface area contributed by atoms with Gasteiger partial charge in [-0.2, -0.15) is 0 Å². The molecule has 1 unspecified atom stereocenters. The molecule has 0 bridgehead atoms. The lowest BCUT2D eigenvalue weighted by Gasteiger charge is -2.26. The molecule has 0 aromatic heterocycles. The van der Waals surface area contributed by atoms with Crippen LogP contribution in [0.15, 0.2) is 0 Å². The topological polar surface area (TPSA) is 12.5 Å². The average molecular weight is 245 g/mol. The van der Waals surface area contributed by atoms with E-state index in [0.717, 1.165) is 26.1 Å². The van der Waals surface area contributed by atoms with E-state index >= 15 is 0 Å². The van der Waals surface area contributed by atoms with Gasteiger partial charge in [-0.15, -0.1) is 0 Å². The first-order valence-corrected chi connectivity index (χ1v) is 7.47. The van der Waals surface area contributed by atoms with Gasteiger partial charge in [0.05, 0.1) is 6.10 Å². The Morgan fingerprint density at radius 3 is 2.06 bits per heavy atom. The van der Waals surface area contributed by atoms with Gasteiger partial charge < -0.3 is 9.64 Å². The number of unbranched alkanes of at least 4 members (excludes halogenated alkanes) is 1. The maximum atomic E-state index is 5.73. The number of nitrogens with zero attached hydrogens (tertiary/aromatic N) is 1. The van der Waals surface area contributed by atoms with Crippen molar-refractivity contribution >= 4 is 0 Å². The predicted molar refractivity (Wildman–Crippen MR) is 78.7 cm³/mol. The van der Waals surface area contributed by atoms with Gasteiger partial charge in [0, 0.05) is 19.2 Å². The van der Waals surface area contributed by atoms with Crippen molar-refractivity contribution in [2.24, 2.45) is 0 Å². The van der Waals surface area contributed by atoms with Crippen LogP contribution >= 0.6 is 0 Å². The molecule has 0 radical (unpaired) electrons. The van der Waals surface area contributed by atoms with Crippen molar-refractivity contribution in [1.82, 2.24) is 4.90 Å². The number of ether oxygens (including phenoxy) is 1. The molecule has 0 rings (SSSR count). The Balaban J connectivity index is 0. The Kier molecular flexibility index (Phi) is 15.8. The Morgan fingerprint density at radius 1 is 1.06 bits per heavy atom. The fraction of sp³-hybridized carbons (Fsp3) is 1.00. The number of rotatable bonds is 9. The minimum atomic E-state index is 0.407. The van der Waals surface area contributed by atoms with Crippen molar-refractivity contribution in [3.8, 4) is 0 Å². The summed E-state index contributed by atoms with van der Waals surface area (Å²) in [5, 5.41) is 0. The van der Waals surface area contributed by atoms with Crippen molar-refractivity contribution in [3.05, 3.63) is 0 Å². The van der Waals surface area contributed by atoms with Crippen molar-refractivity contribution < 1.29 is 4.74 Å². The van der Waals surface area contributed by atoms with Gasteiger partial charge in [-0.05, 0) is 40.2 Å². The molecule has 0 aliphatic carbocycles. The van der Waals surface area contributed by atoms with E-state index in [1.165, 1.54) is 12.8 Å². The maximum Gasteiger partial charge on any atom is 0.0559 e. The first-order chi connectivity index (χ1) is 8.11. The largest absolute Gasteiger partial charge is 0.378 e. The molecule has 0 N–H and O–H groups in total. The molecule has 0 heterocycles. The molecule has 17 heavy (non-hydrogen) atoms. The highest BCUT2D eigenvalue weighted by molar-refractivity contribution is 4.63. The Bertz CT molecular complexity index is 137. The molecular formula is C15H35NO. The molecule has 2 heteroatoms. The number of hydrogen-bond acceptors (Lipinski definition) is 2. The second-order valence-corrected chi connectivity index (χ2v) is 4.55. The van der Waals surface area contributed by atoms with E-state index in [9.17, 15) is 0 Å². The second kappa shape index (κ2) is 14.0. The first kappa shape index (κ1) is 19.3. The summed E-state index contributed by atoms with van der Waals surface area (Å²) in [5.74, 6) is 0. The van der Waals surface area contributed by atoms with Gasteiger partial charge >= 0.3 is 0 Å². The molecule has 0 aliphatic rings. The van der Waals surface area contributed by atoms with Gasteiger partial charge in [0.25, 0.3) is 0 Å². The lowest BCUT2D eigenvalue weighted by molar-refractivity contribution is 0.0482. The first-order valence-electron chi connectivity index (χ1n) is 7.47. The molecule has 0 aromatic rings. The third-order valence-electron chi connectivity index (χ3n) is 2.86. The predicted octanol–water partition coefficient (Wildman–Crippen LogP) is 4.34. The fourth-order valence-electron chi connectivity index (χ4n) is 1.64. The Hall–Kier alpha value is -0.0800. The summed E-state index contributed by atoms with van der Waals surface area (Å²) in [6.07, 6.45) is 3.96. The van der Waals surface area contributed by atoms with E-state index in [2.05, 4.69) is 39.5 Å². The highest BCUT2D eigenvalue weighted by Gasteiger charge is 2.09. The third-order valence-corrected chi connectivity index (χ3v) is 2.86. The zero-order valence-electron chi connectivity index (χ0n) is 13.3. The Morgan fingerprint density at radius 2 is 1.65 bits per heavy atom. The lowest BCUT2D eigenvalue weighted by Crippen LogP contribution is -2.33. The molecule has 0 saturated heterocycles. The molecule has 1 atom stereocenters. The van der Waals surface area contributed by atoms with Crippen LogP contribution in [0, 0.1) is 0 Å².